The molecule has 3 aromatic carbocycles. The van der Waals surface area contributed by atoms with Crippen molar-refractivity contribution in [3.05, 3.63) is 121 Å². The number of ether oxygens (including phenoxy) is 4. The van der Waals surface area contributed by atoms with Crippen LogP contribution in [-0.4, -0.2) is 67.7 Å². The molecule has 10 heteroatoms. The van der Waals surface area contributed by atoms with Crippen LogP contribution in [0.25, 0.3) is 0 Å². The van der Waals surface area contributed by atoms with Crippen LogP contribution in [0, 0.1) is 0 Å². The fraction of sp³-hybridized carbons (Fsp3) is 0.306. The van der Waals surface area contributed by atoms with E-state index in [2.05, 4.69) is 50.0 Å². The van der Waals surface area contributed by atoms with E-state index in [9.17, 15) is 14.7 Å². The van der Waals surface area contributed by atoms with Gasteiger partial charge in [0, 0.05) is 19.2 Å². The molecule has 46 heavy (non-hydrogen) atoms. The Labute approximate surface area is 270 Å². The zero-order valence-corrected chi connectivity index (χ0v) is 27.3. The first-order valence-corrected chi connectivity index (χ1v) is 17.1. The topological polar surface area (TPSA) is 113 Å². The Hall–Kier alpha value is -4.35. The van der Waals surface area contributed by atoms with Crippen LogP contribution < -0.4 is 15.1 Å². The Kier molecular flexibility index (Phi) is 10.3. The summed E-state index contributed by atoms with van der Waals surface area (Å²) >= 11 is 0. The first-order valence-electron chi connectivity index (χ1n) is 15.2. The van der Waals surface area contributed by atoms with Gasteiger partial charge in [0.1, 0.15) is 12.2 Å². The minimum absolute atomic E-state index is 0.0658. The molecule has 1 aliphatic rings. The van der Waals surface area contributed by atoms with Gasteiger partial charge in [-0.2, -0.15) is 0 Å². The molecule has 0 amide bonds. The summed E-state index contributed by atoms with van der Waals surface area (Å²) in [7, 11) is -3.05. The summed E-state index contributed by atoms with van der Waals surface area (Å²) in [6.45, 7) is 7.61. The smallest absolute Gasteiger partial charge is 0.338 e. The lowest BCUT2D eigenvalue weighted by Crippen LogP contribution is -2.68. The average molecular weight is 642 g/mol. The summed E-state index contributed by atoms with van der Waals surface area (Å²) in [4.78, 5) is 29.7. The van der Waals surface area contributed by atoms with Crippen LogP contribution in [-0.2, 0) is 23.4 Å². The van der Waals surface area contributed by atoms with E-state index in [1.54, 1.807) is 54.7 Å². The highest BCUT2D eigenvalue weighted by atomic mass is 28.4. The Bertz CT molecular complexity index is 1530. The second-order valence-electron chi connectivity index (χ2n) is 12.1. The van der Waals surface area contributed by atoms with E-state index in [1.165, 1.54) is 6.92 Å². The maximum Gasteiger partial charge on any atom is 0.338 e. The number of aromatic nitrogens is 1. The number of carbonyl (C=O) groups excluding carboxylic acids is 2. The second-order valence-corrected chi connectivity index (χ2v) is 16.4. The van der Waals surface area contributed by atoms with E-state index in [4.69, 9.17) is 23.4 Å². The molecule has 0 bridgehead atoms. The van der Waals surface area contributed by atoms with E-state index in [-0.39, 0.29) is 23.1 Å². The predicted molar refractivity (Wildman–Crippen MR) is 174 cm³/mol. The van der Waals surface area contributed by atoms with Crippen molar-refractivity contribution in [3.63, 3.8) is 0 Å². The van der Waals surface area contributed by atoms with E-state index in [1.807, 2.05) is 36.4 Å². The molecule has 0 unspecified atom stereocenters. The lowest BCUT2D eigenvalue weighted by Gasteiger charge is -2.46. The third-order valence-electron chi connectivity index (χ3n) is 7.93. The number of nitrogens with zero attached hydrogens (tertiary/aromatic N) is 1. The highest BCUT2D eigenvalue weighted by Gasteiger charge is 2.54. The standard InChI is InChI=1S/C36H39NO8Si/c1-25(38)42-32-29(24-41-46(36(2,3)4,27-18-10-6-11-19-27)28-20-12-7-13-21-28)43-35(44-30-22-14-15-23-37-30)33(31(32)39)45-34(40)26-16-8-5-9-17-26/h5-23,29,31-33,35,39H,24H2,1-4H3/t29-,31+,32+,33-,35+/m1/s1. The first-order chi connectivity index (χ1) is 22.1. The van der Waals surface area contributed by atoms with Crippen LogP contribution in [0.4, 0.5) is 0 Å². The van der Waals surface area contributed by atoms with Crippen molar-refractivity contribution in [2.45, 2.75) is 63.4 Å². The van der Waals surface area contributed by atoms with E-state index in [0.717, 1.165) is 10.4 Å². The molecule has 5 rings (SSSR count). The van der Waals surface area contributed by atoms with Gasteiger partial charge in [0.05, 0.1) is 12.2 Å². The van der Waals surface area contributed by atoms with Gasteiger partial charge < -0.3 is 28.5 Å². The van der Waals surface area contributed by atoms with E-state index >= 15 is 0 Å². The number of pyridine rings is 1. The molecule has 1 aliphatic heterocycles. The SMILES string of the molecule is CC(=O)O[C@@H]1[C@H](O)[C@@H](OC(=O)c2ccccc2)[C@H](Oc2ccccn2)O[C@@H]1CO[Si](c1ccccc1)(c1ccccc1)C(C)(C)C. The van der Waals surface area contributed by atoms with Gasteiger partial charge in [0.25, 0.3) is 8.32 Å². The van der Waals surface area contributed by atoms with Crippen LogP contribution in [0.1, 0.15) is 38.1 Å². The van der Waals surface area contributed by atoms with Crippen molar-refractivity contribution in [1.29, 1.82) is 0 Å². The summed E-state index contributed by atoms with van der Waals surface area (Å²) in [6, 6.07) is 33.6. The van der Waals surface area contributed by atoms with Crippen LogP contribution >= 0.6 is 0 Å². The lowest BCUT2D eigenvalue weighted by atomic mass is 9.98. The van der Waals surface area contributed by atoms with E-state index in [0.29, 0.717) is 0 Å². The number of aliphatic hydroxyl groups excluding tert-OH is 1. The van der Waals surface area contributed by atoms with Gasteiger partial charge >= 0.3 is 11.9 Å². The molecular formula is C36H39NO8Si. The maximum absolute atomic E-state index is 13.2. The highest BCUT2D eigenvalue weighted by molar-refractivity contribution is 6.99. The highest BCUT2D eigenvalue weighted by Crippen LogP contribution is 2.38. The quantitative estimate of drug-likeness (QED) is 0.200. The second kappa shape index (κ2) is 14.4. The molecule has 240 valence electrons. The normalized spacial score (nSPS) is 21.6. The van der Waals surface area contributed by atoms with Crippen molar-refractivity contribution in [2.75, 3.05) is 6.61 Å². The fourth-order valence-electron chi connectivity index (χ4n) is 5.86. The molecule has 1 aromatic heterocycles. The summed E-state index contributed by atoms with van der Waals surface area (Å²) in [5.41, 5.74) is 0.271. The molecule has 1 saturated heterocycles. The zero-order chi connectivity index (χ0) is 32.7. The van der Waals surface area contributed by atoms with Crippen LogP contribution in [0.5, 0.6) is 5.88 Å². The van der Waals surface area contributed by atoms with Gasteiger partial charge in [0.15, 0.2) is 12.2 Å². The molecule has 1 N–H and O–H groups in total. The number of carbonyl (C=O) groups is 2. The van der Waals surface area contributed by atoms with Crippen molar-refractivity contribution in [3.8, 4) is 5.88 Å². The number of esters is 2. The summed E-state index contributed by atoms with van der Waals surface area (Å²) in [5.74, 6) is -1.15. The van der Waals surface area contributed by atoms with Crippen LogP contribution in [0.15, 0.2) is 115 Å². The van der Waals surface area contributed by atoms with Gasteiger partial charge in [-0.25, -0.2) is 9.78 Å². The number of rotatable bonds is 10. The summed E-state index contributed by atoms with van der Waals surface area (Å²) in [6.07, 6.45) is -4.90. The van der Waals surface area contributed by atoms with Crippen LogP contribution in [0.3, 0.4) is 0 Å². The molecule has 0 saturated carbocycles. The monoisotopic (exact) mass is 641 g/mol. The molecular weight excluding hydrogens is 602 g/mol. The van der Waals surface area contributed by atoms with Gasteiger partial charge in [-0.05, 0) is 33.6 Å². The number of hydrogen-bond acceptors (Lipinski definition) is 9. The fourth-order valence-corrected chi connectivity index (χ4v) is 10.4. The zero-order valence-electron chi connectivity index (χ0n) is 26.3. The molecule has 0 aliphatic carbocycles. The van der Waals surface area contributed by atoms with Gasteiger partial charge in [0.2, 0.25) is 12.2 Å². The Morgan fingerprint density at radius 1 is 0.804 bits per heavy atom. The Morgan fingerprint density at radius 3 is 1.89 bits per heavy atom. The molecule has 4 aromatic rings. The Morgan fingerprint density at radius 2 is 1.37 bits per heavy atom. The lowest BCUT2D eigenvalue weighted by molar-refractivity contribution is -0.280. The molecule has 0 spiro atoms. The summed E-state index contributed by atoms with van der Waals surface area (Å²) in [5, 5.41) is 13.5. The minimum Gasteiger partial charge on any atom is -0.457 e. The van der Waals surface area contributed by atoms with E-state index < -0.39 is 51.0 Å². The largest absolute Gasteiger partial charge is 0.457 e. The molecule has 5 atom stereocenters. The van der Waals surface area contributed by atoms with Gasteiger partial charge in [-0.1, -0.05) is 106 Å². The minimum atomic E-state index is -3.05. The predicted octanol–water partition coefficient (Wildman–Crippen LogP) is 4.28. The number of hydrogen-bond donors (Lipinski definition) is 1. The first kappa shape index (κ1) is 33.0. The third-order valence-corrected chi connectivity index (χ3v) is 12.9. The third kappa shape index (κ3) is 7.21. The van der Waals surface area contributed by atoms with Crippen molar-refractivity contribution >= 4 is 30.6 Å². The summed E-state index contributed by atoms with van der Waals surface area (Å²) < 4.78 is 31.0. The Balaban J connectivity index is 1.52. The molecule has 9 nitrogen and oxygen atoms in total. The molecule has 2 heterocycles. The maximum atomic E-state index is 13.2. The molecule has 1 fully saturated rings. The van der Waals surface area contributed by atoms with Crippen molar-refractivity contribution < 1.29 is 38.1 Å². The van der Waals surface area contributed by atoms with Gasteiger partial charge in [-0.3, -0.25) is 4.79 Å². The number of benzene rings is 3. The molecule has 0 radical (unpaired) electrons. The van der Waals surface area contributed by atoms with Crippen LogP contribution in [0.2, 0.25) is 5.04 Å². The van der Waals surface area contributed by atoms with Crippen molar-refractivity contribution in [1.82, 2.24) is 4.98 Å². The van der Waals surface area contributed by atoms with Gasteiger partial charge in [-0.15, -0.1) is 0 Å². The average Bonchev–Trinajstić information content (AvgIpc) is 3.06. The number of aliphatic hydroxyl groups is 1. The van der Waals surface area contributed by atoms with Crippen molar-refractivity contribution in [2.24, 2.45) is 0 Å².